The van der Waals surface area contributed by atoms with Crippen LogP contribution in [0.15, 0.2) is 73.1 Å². The SMILES string of the molecule is Cc1c(/C=C/CO)nc2ccc(NC(=O)c3ccc(OCc4ccccn4)cc3)cn12. The van der Waals surface area contributed by atoms with Gasteiger partial charge in [-0.1, -0.05) is 12.1 Å². The predicted molar refractivity (Wildman–Crippen MR) is 119 cm³/mol. The number of nitrogens with one attached hydrogen (secondary N) is 1. The van der Waals surface area contributed by atoms with Crippen LogP contribution in [-0.4, -0.2) is 32.0 Å². The van der Waals surface area contributed by atoms with E-state index in [2.05, 4.69) is 15.3 Å². The second-order valence-corrected chi connectivity index (χ2v) is 6.90. The van der Waals surface area contributed by atoms with Gasteiger partial charge in [-0.2, -0.15) is 0 Å². The molecule has 0 saturated carbocycles. The van der Waals surface area contributed by atoms with E-state index in [4.69, 9.17) is 9.84 Å². The minimum atomic E-state index is -0.214. The first-order valence-corrected chi connectivity index (χ1v) is 9.84. The number of anilines is 1. The second-order valence-electron chi connectivity index (χ2n) is 6.90. The van der Waals surface area contributed by atoms with Crippen molar-refractivity contribution < 1.29 is 14.6 Å². The summed E-state index contributed by atoms with van der Waals surface area (Å²) in [5.41, 5.74) is 4.49. The van der Waals surface area contributed by atoms with Crippen molar-refractivity contribution in [2.45, 2.75) is 13.5 Å². The average Bonchev–Trinajstić information content (AvgIpc) is 3.12. The van der Waals surface area contributed by atoms with E-state index in [0.717, 1.165) is 22.7 Å². The lowest BCUT2D eigenvalue weighted by molar-refractivity contribution is 0.102. The van der Waals surface area contributed by atoms with Gasteiger partial charge in [0.25, 0.3) is 5.91 Å². The van der Waals surface area contributed by atoms with E-state index in [-0.39, 0.29) is 12.5 Å². The van der Waals surface area contributed by atoms with Crippen LogP contribution in [-0.2, 0) is 6.61 Å². The van der Waals surface area contributed by atoms with Crippen LogP contribution in [0.4, 0.5) is 5.69 Å². The molecule has 0 aliphatic heterocycles. The molecule has 0 atom stereocenters. The summed E-state index contributed by atoms with van der Waals surface area (Å²) < 4.78 is 7.62. The maximum Gasteiger partial charge on any atom is 0.255 e. The predicted octanol–water partition coefficient (Wildman–Crippen LogP) is 3.87. The Morgan fingerprint density at radius 1 is 1.16 bits per heavy atom. The van der Waals surface area contributed by atoms with Crippen LogP contribution in [0.2, 0.25) is 0 Å². The Labute approximate surface area is 179 Å². The number of pyridine rings is 2. The Balaban J connectivity index is 1.43. The number of nitrogens with zero attached hydrogens (tertiary/aromatic N) is 3. The van der Waals surface area contributed by atoms with Crippen molar-refractivity contribution in [3.8, 4) is 5.75 Å². The summed E-state index contributed by atoms with van der Waals surface area (Å²) in [6.07, 6.45) is 6.97. The van der Waals surface area contributed by atoms with Gasteiger partial charge in [-0.25, -0.2) is 4.98 Å². The van der Waals surface area contributed by atoms with E-state index in [1.165, 1.54) is 0 Å². The summed E-state index contributed by atoms with van der Waals surface area (Å²) in [5, 5.41) is 11.9. The number of aromatic nitrogens is 3. The van der Waals surface area contributed by atoms with Crippen molar-refractivity contribution in [1.82, 2.24) is 14.4 Å². The molecule has 7 nitrogen and oxygen atoms in total. The van der Waals surface area contributed by atoms with Crippen molar-refractivity contribution in [2.24, 2.45) is 0 Å². The Bertz CT molecular complexity index is 1220. The Morgan fingerprint density at radius 3 is 2.74 bits per heavy atom. The monoisotopic (exact) mass is 414 g/mol. The molecule has 31 heavy (non-hydrogen) atoms. The number of hydrogen-bond donors (Lipinski definition) is 2. The molecule has 0 spiro atoms. The van der Waals surface area contributed by atoms with E-state index in [1.807, 2.05) is 47.9 Å². The number of benzene rings is 1. The Hall–Kier alpha value is -3.97. The summed E-state index contributed by atoms with van der Waals surface area (Å²) in [5.74, 6) is 0.454. The number of hydrogen-bond acceptors (Lipinski definition) is 5. The van der Waals surface area contributed by atoms with Gasteiger partial charge in [0.2, 0.25) is 0 Å². The highest BCUT2D eigenvalue weighted by Crippen LogP contribution is 2.19. The van der Waals surface area contributed by atoms with Crippen molar-refractivity contribution >= 4 is 23.3 Å². The topological polar surface area (TPSA) is 88.8 Å². The average molecular weight is 414 g/mol. The first-order valence-electron chi connectivity index (χ1n) is 9.84. The smallest absolute Gasteiger partial charge is 0.255 e. The molecule has 0 radical (unpaired) electrons. The normalized spacial score (nSPS) is 11.2. The highest BCUT2D eigenvalue weighted by Gasteiger charge is 2.10. The molecular weight excluding hydrogens is 392 g/mol. The van der Waals surface area contributed by atoms with Crippen LogP contribution in [0.3, 0.4) is 0 Å². The standard InChI is InChI=1S/C24H22N4O3/c1-17-22(6-4-14-29)27-23-12-9-19(15-28(17)23)26-24(30)18-7-10-21(11-8-18)31-16-20-5-2-3-13-25-20/h2-13,15,29H,14,16H2,1H3,(H,26,30)/b6-4+. The number of rotatable bonds is 7. The Kier molecular flexibility index (Phi) is 6.05. The number of ether oxygens (including phenoxy) is 1. The summed E-state index contributed by atoms with van der Waals surface area (Å²) >= 11 is 0. The van der Waals surface area contributed by atoms with Gasteiger partial charge >= 0.3 is 0 Å². The van der Waals surface area contributed by atoms with Crippen molar-refractivity contribution in [1.29, 1.82) is 0 Å². The number of aryl methyl sites for hydroxylation is 1. The molecule has 0 fully saturated rings. The van der Waals surface area contributed by atoms with Crippen molar-refractivity contribution in [2.75, 3.05) is 11.9 Å². The van der Waals surface area contributed by atoms with Gasteiger partial charge in [-0.3, -0.25) is 9.78 Å². The molecule has 2 N–H and O–H groups in total. The van der Waals surface area contributed by atoms with Gasteiger partial charge in [-0.15, -0.1) is 0 Å². The number of fused-ring (bicyclic) bond motifs is 1. The first-order chi connectivity index (χ1) is 15.1. The molecule has 1 aromatic carbocycles. The molecule has 3 aromatic heterocycles. The van der Waals surface area contributed by atoms with Crippen LogP contribution >= 0.6 is 0 Å². The van der Waals surface area contributed by atoms with Crippen molar-refractivity contribution in [3.05, 3.63) is 95.7 Å². The van der Waals surface area contributed by atoms with Crippen LogP contribution in [0, 0.1) is 6.92 Å². The van der Waals surface area contributed by atoms with E-state index >= 15 is 0 Å². The molecular formula is C24H22N4O3. The second kappa shape index (κ2) is 9.23. The molecule has 7 heteroatoms. The summed E-state index contributed by atoms with van der Waals surface area (Å²) in [4.78, 5) is 21.4. The zero-order valence-corrected chi connectivity index (χ0v) is 17.0. The number of carbonyl (C=O) groups is 1. The molecule has 0 aliphatic carbocycles. The number of imidazole rings is 1. The molecule has 0 unspecified atom stereocenters. The molecule has 156 valence electrons. The maximum absolute atomic E-state index is 12.6. The molecule has 0 saturated heterocycles. The van der Waals surface area contributed by atoms with Crippen LogP contribution in [0.1, 0.15) is 27.4 Å². The summed E-state index contributed by atoms with van der Waals surface area (Å²) in [6.45, 7) is 2.26. The molecule has 3 heterocycles. The zero-order chi connectivity index (χ0) is 21.6. The fourth-order valence-electron chi connectivity index (χ4n) is 3.12. The number of carbonyl (C=O) groups excluding carboxylic acids is 1. The van der Waals surface area contributed by atoms with E-state index in [1.54, 1.807) is 42.6 Å². The van der Waals surface area contributed by atoms with Gasteiger partial charge in [0.1, 0.15) is 18.0 Å². The van der Waals surface area contributed by atoms with Gasteiger partial charge in [-0.05, 0) is 61.5 Å². The first kappa shape index (κ1) is 20.3. The lowest BCUT2D eigenvalue weighted by atomic mass is 10.2. The zero-order valence-electron chi connectivity index (χ0n) is 17.0. The van der Waals surface area contributed by atoms with E-state index in [9.17, 15) is 4.79 Å². The molecule has 0 bridgehead atoms. The Morgan fingerprint density at radius 2 is 2.00 bits per heavy atom. The van der Waals surface area contributed by atoms with Gasteiger partial charge < -0.3 is 19.6 Å². The number of aliphatic hydroxyl groups is 1. The van der Waals surface area contributed by atoms with Crippen LogP contribution in [0.25, 0.3) is 11.7 Å². The third kappa shape index (κ3) is 4.79. The fraction of sp³-hybridized carbons (Fsp3) is 0.125. The highest BCUT2D eigenvalue weighted by molar-refractivity contribution is 6.04. The van der Waals surface area contributed by atoms with Gasteiger partial charge in [0, 0.05) is 23.7 Å². The third-order valence-electron chi connectivity index (χ3n) is 4.76. The highest BCUT2D eigenvalue weighted by atomic mass is 16.5. The lowest BCUT2D eigenvalue weighted by Gasteiger charge is -2.08. The summed E-state index contributed by atoms with van der Waals surface area (Å²) in [7, 11) is 0. The molecule has 4 aromatic rings. The third-order valence-corrected chi connectivity index (χ3v) is 4.76. The quantitative estimate of drug-likeness (QED) is 0.479. The molecule has 1 amide bonds. The van der Waals surface area contributed by atoms with Crippen molar-refractivity contribution in [3.63, 3.8) is 0 Å². The maximum atomic E-state index is 12.6. The minimum absolute atomic E-state index is 0.0401. The van der Waals surface area contributed by atoms with E-state index < -0.39 is 0 Å². The number of amides is 1. The fourth-order valence-corrected chi connectivity index (χ4v) is 3.12. The summed E-state index contributed by atoms with van der Waals surface area (Å²) in [6, 6.07) is 16.3. The van der Waals surface area contributed by atoms with Gasteiger partial charge in [0.05, 0.1) is 23.7 Å². The number of aliphatic hydroxyl groups excluding tert-OH is 1. The lowest BCUT2D eigenvalue weighted by Crippen LogP contribution is -2.12. The molecule has 0 aliphatic rings. The van der Waals surface area contributed by atoms with Crippen LogP contribution < -0.4 is 10.1 Å². The van der Waals surface area contributed by atoms with Gasteiger partial charge in [0.15, 0.2) is 0 Å². The minimum Gasteiger partial charge on any atom is -0.487 e. The largest absolute Gasteiger partial charge is 0.487 e. The van der Waals surface area contributed by atoms with Crippen LogP contribution in [0.5, 0.6) is 5.75 Å². The molecule has 4 rings (SSSR count). The van der Waals surface area contributed by atoms with E-state index in [0.29, 0.717) is 23.6 Å².